The molecular formula is C17H17N3O3S2. The van der Waals surface area contributed by atoms with Crippen molar-refractivity contribution < 1.29 is 13.2 Å². The van der Waals surface area contributed by atoms with Crippen molar-refractivity contribution in [1.82, 2.24) is 9.21 Å². The van der Waals surface area contributed by atoms with Crippen LogP contribution in [0, 0.1) is 11.3 Å². The molecule has 1 aliphatic rings. The van der Waals surface area contributed by atoms with Crippen LogP contribution >= 0.6 is 11.3 Å². The lowest BCUT2D eigenvalue weighted by atomic mass is 10.2. The number of nitrogens with zero attached hydrogens (tertiary/aromatic N) is 3. The van der Waals surface area contributed by atoms with Gasteiger partial charge in [0, 0.05) is 31.1 Å². The van der Waals surface area contributed by atoms with E-state index in [1.807, 2.05) is 23.6 Å². The van der Waals surface area contributed by atoms with Crippen LogP contribution in [-0.2, 0) is 21.2 Å². The molecule has 0 N–H and O–H groups in total. The van der Waals surface area contributed by atoms with Crippen molar-refractivity contribution in [2.24, 2.45) is 0 Å². The highest BCUT2D eigenvalue weighted by Gasteiger charge is 2.30. The SMILES string of the molecule is N#Cc1ccc(S(=O)(=O)N2CCN(C(=O)Cc3cccs3)CC2)cc1. The molecule has 0 atom stereocenters. The number of hydrogen-bond acceptors (Lipinski definition) is 5. The molecule has 130 valence electrons. The minimum absolute atomic E-state index is 0.0258. The number of sulfonamides is 1. The highest BCUT2D eigenvalue weighted by molar-refractivity contribution is 7.89. The number of thiophene rings is 1. The van der Waals surface area contributed by atoms with E-state index in [0.717, 1.165) is 4.88 Å². The molecule has 25 heavy (non-hydrogen) atoms. The minimum atomic E-state index is -3.60. The van der Waals surface area contributed by atoms with Gasteiger partial charge in [-0.1, -0.05) is 6.07 Å². The van der Waals surface area contributed by atoms with Gasteiger partial charge in [-0.3, -0.25) is 4.79 Å². The van der Waals surface area contributed by atoms with Gasteiger partial charge in [0.15, 0.2) is 0 Å². The van der Waals surface area contributed by atoms with Gasteiger partial charge in [-0.2, -0.15) is 9.57 Å². The molecule has 1 amide bonds. The lowest BCUT2D eigenvalue weighted by Gasteiger charge is -2.34. The fourth-order valence-corrected chi connectivity index (χ4v) is 4.82. The maximum absolute atomic E-state index is 12.7. The Bertz CT molecular complexity index is 876. The Balaban J connectivity index is 1.62. The zero-order chi connectivity index (χ0) is 17.9. The van der Waals surface area contributed by atoms with Gasteiger partial charge in [-0.15, -0.1) is 11.3 Å². The van der Waals surface area contributed by atoms with Gasteiger partial charge >= 0.3 is 0 Å². The third-order valence-corrected chi connectivity index (χ3v) is 6.91. The maximum Gasteiger partial charge on any atom is 0.243 e. The van der Waals surface area contributed by atoms with Crippen molar-refractivity contribution in [2.75, 3.05) is 26.2 Å². The molecule has 1 aromatic heterocycles. The summed E-state index contributed by atoms with van der Waals surface area (Å²) in [6.07, 6.45) is 0.361. The number of piperazine rings is 1. The van der Waals surface area contributed by atoms with Crippen LogP contribution in [0.25, 0.3) is 0 Å². The van der Waals surface area contributed by atoms with Gasteiger partial charge in [-0.05, 0) is 35.7 Å². The van der Waals surface area contributed by atoms with Crippen molar-refractivity contribution in [3.05, 3.63) is 52.2 Å². The third-order valence-electron chi connectivity index (χ3n) is 4.12. The second kappa shape index (κ2) is 7.35. The van der Waals surface area contributed by atoms with Gasteiger partial charge in [0.25, 0.3) is 0 Å². The molecule has 2 aromatic rings. The first-order valence-corrected chi connectivity index (χ1v) is 10.1. The van der Waals surface area contributed by atoms with Crippen LogP contribution < -0.4 is 0 Å². The Morgan fingerprint density at radius 3 is 2.36 bits per heavy atom. The molecule has 2 heterocycles. The lowest BCUT2D eigenvalue weighted by Crippen LogP contribution is -2.50. The van der Waals surface area contributed by atoms with Crippen LogP contribution in [0.5, 0.6) is 0 Å². The van der Waals surface area contributed by atoms with Crippen molar-refractivity contribution in [1.29, 1.82) is 5.26 Å². The zero-order valence-electron chi connectivity index (χ0n) is 13.5. The molecule has 8 heteroatoms. The van der Waals surface area contributed by atoms with Crippen LogP contribution in [0.1, 0.15) is 10.4 Å². The maximum atomic E-state index is 12.7. The quantitative estimate of drug-likeness (QED) is 0.814. The Kier molecular flexibility index (Phi) is 5.18. The molecule has 1 saturated heterocycles. The van der Waals surface area contributed by atoms with Crippen LogP contribution in [0.3, 0.4) is 0 Å². The summed E-state index contributed by atoms with van der Waals surface area (Å²) in [4.78, 5) is 15.2. The number of carbonyl (C=O) groups excluding carboxylic acids is 1. The molecule has 6 nitrogen and oxygen atoms in total. The van der Waals surface area contributed by atoms with E-state index in [0.29, 0.717) is 25.1 Å². The minimum Gasteiger partial charge on any atom is -0.340 e. The van der Waals surface area contributed by atoms with E-state index in [4.69, 9.17) is 5.26 Å². The fourth-order valence-electron chi connectivity index (χ4n) is 2.70. The molecule has 1 aliphatic heterocycles. The van der Waals surface area contributed by atoms with Gasteiger partial charge in [0.05, 0.1) is 22.9 Å². The van der Waals surface area contributed by atoms with Gasteiger partial charge in [0.1, 0.15) is 0 Å². The molecular weight excluding hydrogens is 358 g/mol. The molecule has 0 unspecified atom stereocenters. The summed E-state index contributed by atoms with van der Waals surface area (Å²) in [5.41, 5.74) is 0.419. The molecule has 0 bridgehead atoms. The van der Waals surface area contributed by atoms with Crippen molar-refractivity contribution in [3.8, 4) is 6.07 Å². The Morgan fingerprint density at radius 1 is 1.12 bits per heavy atom. The van der Waals surface area contributed by atoms with Crippen LogP contribution in [-0.4, -0.2) is 49.7 Å². The van der Waals surface area contributed by atoms with Crippen LogP contribution in [0.4, 0.5) is 0 Å². The first-order chi connectivity index (χ1) is 12.0. The first kappa shape index (κ1) is 17.6. The highest BCUT2D eigenvalue weighted by atomic mass is 32.2. The Hall–Kier alpha value is -2.21. The third kappa shape index (κ3) is 3.90. The summed E-state index contributed by atoms with van der Waals surface area (Å²) in [5.74, 6) is 0.0258. The number of carbonyl (C=O) groups is 1. The predicted octanol–water partition coefficient (Wildman–Crippen LogP) is 1.70. The monoisotopic (exact) mass is 375 g/mol. The lowest BCUT2D eigenvalue weighted by molar-refractivity contribution is -0.131. The molecule has 3 rings (SSSR count). The summed E-state index contributed by atoms with van der Waals surface area (Å²) in [6, 6.07) is 11.7. The largest absolute Gasteiger partial charge is 0.340 e. The van der Waals surface area contributed by atoms with Crippen molar-refractivity contribution in [3.63, 3.8) is 0 Å². The molecule has 0 saturated carbocycles. The Morgan fingerprint density at radius 2 is 1.80 bits per heavy atom. The van der Waals surface area contributed by atoms with Crippen molar-refractivity contribution in [2.45, 2.75) is 11.3 Å². The summed E-state index contributed by atoms with van der Waals surface area (Å²) in [7, 11) is -3.60. The summed E-state index contributed by atoms with van der Waals surface area (Å²) < 4.78 is 26.7. The summed E-state index contributed by atoms with van der Waals surface area (Å²) in [6.45, 7) is 1.33. The number of benzene rings is 1. The van der Waals surface area contributed by atoms with E-state index in [2.05, 4.69) is 0 Å². The highest BCUT2D eigenvalue weighted by Crippen LogP contribution is 2.19. The predicted molar refractivity (Wildman–Crippen MR) is 94.5 cm³/mol. The average Bonchev–Trinajstić information content (AvgIpc) is 3.15. The molecule has 1 fully saturated rings. The number of amides is 1. The van der Waals surface area contributed by atoms with E-state index in [1.165, 1.54) is 28.6 Å². The zero-order valence-corrected chi connectivity index (χ0v) is 15.1. The van der Waals surface area contributed by atoms with Gasteiger partial charge in [0.2, 0.25) is 15.9 Å². The van der Waals surface area contributed by atoms with Crippen molar-refractivity contribution >= 4 is 27.3 Å². The standard InChI is InChI=1S/C17H17N3O3S2/c18-13-14-3-5-16(6-4-14)25(22,23)20-9-7-19(8-10-20)17(21)12-15-2-1-11-24-15/h1-6,11H,7-10,12H2. The fraction of sp³-hybridized carbons (Fsp3) is 0.294. The normalized spacial score (nSPS) is 15.7. The molecule has 1 aromatic carbocycles. The topological polar surface area (TPSA) is 81.5 Å². The van der Waals surface area contributed by atoms with E-state index < -0.39 is 10.0 Å². The van der Waals surface area contributed by atoms with Crippen LogP contribution in [0.2, 0.25) is 0 Å². The smallest absolute Gasteiger partial charge is 0.243 e. The summed E-state index contributed by atoms with van der Waals surface area (Å²) >= 11 is 1.54. The molecule has 0 radical (unpaired) electrons. The number of hydrogen-bond donors (Lipinski definition) is 0. The van der Waals surface area contributed by atoms with E-state index in [9.17, 15) is 13.2 Å². The number of nitriles is 1. The van der Waals surface area contributed by atoms with E-state index >= 15 is 0 Å². The van der Waals surface area contributed by atoms with E-state index in [1.54, 1.807) is 16.2 Å². The molecule has 0 spiro atoms. The average molecular weight is 375 g/mol. The Labute approximate surface area is 151 Å². The second-order valence-electron chi connectivity index (χ2n) is 5.68. The van der Waals surface area contributed by atoms with Gasteiger partial charge in [-0.25, -0.2) is 8.42 Å². The van der Waals surface area contributed by atoms with Gasteiger partial charge < -0.3 is 4.90 Å². The van der Waals surface area contributed by atoms with Crippen LogP contribution in [0.15, 0.2) is 46.7 Å². The van der Waals surface area contributed by atoms with E-state index in [-0.39, 0.29) is 23.9 Å². The summed E-state index contributed by atoms with van der Waals surface area (Å²) in [5, 5.41) is 10.7. The first-order valence-electron chi connectivity index (χ1n) is 7.81. The number of rotatable bonds is 4. The second-order valence-corrected chi connectivity index (χ2v) is 8.65. The molecule has 0 aliphatic carbocycles.